The molecule has 110 valence electrons. The van der Waals surface area contributed by atoms with Crippen molar-refractivity contribution < 1.29 is 9.16 Å². The van der Waals surface area contributed by atoms with Crippen LogP contribution in [0.5, 0.6) is 0 Å². The molecule has 1 aliphatic carbocycles. The summed E-state index contributed by atoms with van der Waals surface area (Å²) in [7, 11) is -1.73. The molecule has 4 atom stereocenters. The fourth-order valence-corrected chi connectivity index (χ4v) is 4.18. The average Bonchev–Trinajstić information content (AvgIpc) is 2.87. The van der Waals surface area contributed by atoms with Gasteiger partial charge in [-0.1, -0.05) is 32.9 Å². The second-order valence-electron chi connectivity index (χ2n) is 8.17. The lowest BCUT2D eigenvalue weighted by atomic mass is 9.78. The minimum Gasteiger partial charge on any atom is -0.411 e. The maximum Gasteiger partial charge on any atom is 0.192 e. The summed E-state index contributed by atoms with van der Waals surface area (Å²) in [6.07, 6.45) is 2.84. The number of hydrogen-bond donors (Lipinski definition) is 0. The van der Waals surface area contributed by atoms with Gasteiger partial charge in [0.15, 0.2) is 8.32 Å². The van der Waals surface area contributed by atoms with Gasteiger partial charge in [0.2, 0.25) is 0 Å². The molecule has 0 N–H and O–H groups in total. The van der Waals surface area contributed by atoms with E-state index >= 15 is 0 Å². The van der Waals surface area contributed by atoms with Gasteiger partial charge in [0, 0.05) is 0 Å². The van der Waals surface area contributed by atoms with E-state index in [-0.39, 0.29) is 16.7 Å². The van der Waals surface area contributed by atoms with E-state index in [1.165, 1.54) is 5.57 Å². The molecule has 3 heteroatoms. The van der Waals surface area contributed by atoms with Crippen LogP contribution in [0.15, 0.2) is 12.2 Å². The van der Waals surface area contributed by atoms with Crippen molar-refractivity contribution in [3.8, 4) is 0 Å². The number of epoxide rings is 1. The molecule has 2 aliphatic rings. The van der Waals surface area contributed by atoms with Gasteiger partial charge < -0.3 is 9.16 Å². The monoisotopic (exact) mass is 282 g/mol. The molecule has 2 rings (SSSR count). The first-order valence-corrected chi connectivity index (χ1v) is 10.4. The Morgan fingerprint density at radius 2 is 1.89 bits per heavy atom. The minimum atomic E-state index is -1.73. The quantitative estimate of drug-likeness (QED) is 0.431. The van der Waals surface area contributed by atoms with Crippen molar-refractivity contribution in [2.45, 2.75) is 83.4 Å². The average molecular weight is 282 g/mol. The molecule has 1 saturated carbocycles. The standard InChI is InChI=1S/C16H30O2Si/c1-11(2)12-9-13-16(6,17-13)14(10-12)18-19(7,8)15(3,4)5/h12-14H,1,9-10H2,2-8H3/t12-,13-,14-,16-/m1/s1. The summed E-state index contributed by atoms with van der Waals surface area (Å²) >= 11 is 0. The lowest BCUT2D eigenvalue weighted by Crippen LogP contribution is -2.50. The van der Waals surface area contributed by atoms with E-state index in [2.05, 4.69) is 54.3 Å². The second kappa shape index (κ2) is 4.44. The SMILES string of the molecule is C=C(C)[C@@H]1C[C@H]2O[C@@]2(C)[C@H](O[Si](C)(C)C(C)(C)C)C1. The number of ether oxygens (including phenoxy) is 1. The van der Waals surface area contributed by atoms with Crippen LogP contribution in [0.1, 0.15) is 47.5 Å². The largest absolute Gasteiger partial charge is 0.411 e. The van der Waals surface area contributed by atoms with Crippen LogP contribution in [0.2, 0.25) is 18.1 Å². The van der Waals surface area contributed by atoms with Gasteiger partial charge in [-0.2, -0.15) is 0 Å². The predicted molar refractivity (Wildman–Crippen MR) is 82.9 cm³/mol. The smallest absolute Gasteiger partial charge is 0.192 e. The van der Waals surface area contributed by atoms with Gasteiger partial charge in [-0.25, -0.2) is 0 Å². The molecule has 1 saturated heterocycles. The summed E-state index contributed by atoms with van der Waals surface area (Å²) in [4.78, 5) is 0. The van der Waals surface area contributed by atoms with Gasteiger partial charge in [0.05, 0.1) is 12.2 Å². The van der Waals surface area contributed by atoms with E-state index in [0.717, 1.165) is 12.8 Å². The first kappa shape index (κ1) is 15.3. The molecule has 2 fully saturated rings. The molecule has 0 unspecified atom stereocenters. The van der Waals surface area contributed by atoms with E-state index in [1.807, 2.05) is 0 Å². The Labute approximate surface area is 119 Å². The topological polar surface area (TPSA) is 21.8 Å². The van der Waals surface area contributed by atoms with Gasteiger partial charge in [0.1, 0.15) is 5.60 Å². The van der Waals surface area contributed by atoms with Crippen LogP contribution in [0.25, 0.3) is 0 Å². The molecule has 0 aromatic rings. The van der Waals surface area contributed by atoms with E-state index in [1.54, 1.807) is 0 Å². The van der Waals surface area contributed by atoms with Crippen molar-refractivity contribution in [3.63, 3.8) is 0 Å². The number of hydrogen-bond acceptors (Lipinski definition) is 2. The first-order chi connectivity index (χ1) is 8.47. The molecule has 2 nitrogen and oxygen atoms in total. The van der Waals surface area contributed by atoms with Gasteiger partial charge in [-0.05, 0) is 50.7 Å². The summed E-state index contributed by atoms with van der Waals surface area (Å²) in [5.41, 5.74) is 1.25. The van der Waals surface area contributed by atoms with E-state index in [0.29, 0.717) is 12.0 Å². The molecule has 0 aromatic heterocycles. The summed E-state index contributed by atoms with van der Waals surface area (Å²) in [6.45, 7) is 20.1. The number of fused-ring (bicyclic) bond motifs is 1. The third-order valence-electron chi connectivity index (χ3n) is 5.55. The minimum absolute atomic E-state index is 0.0263. The molecule has 0 amide bonds. The third-order valence-corrected chi connectivity index (χ3v) is 10.0. The van der Waals surface area contributed by atoms with Crippen molar-refractivity contribution in [1.82, 2.24) is 0 Å². The molecular formula is C16H30O2Si. The zero-order chi connectivity index (χ0) is 14.6. The van der Waals surface area contributed by atoms with Crippen LogP contribution in [0.4, 0.5) is 0 Å². The Hall–Kier alpha value is -0.123. The highest BCUT2D eigenvalue weighted by atomic mass is 28.4. The van der Waals surface area contributed by atoms with Gasteiger partial charge in [0.25, 0.3) is 0 Å². The molecule has 0 bridgehead atoms. The van der Waals surface area contributed by atoms with Crippen molar-refractivity contribution in [3.05, 3.63) is 12.2 Å². The normalized spacial score (nSPS) is 38.8. The van der Waals surface area contributed by atoms with E-state index < -0.39 is 8.32 Å². The van der Waals surface area contributed by atoms with Gasteiger partial charge >= 0.3 is 0 Å². The second-order valence-corrected chi connectivity index (χ2v) is 12.9. The predicted octanol–water partition coefficient (Wildman–Crippen LogP) is 4.52. The van der Waals surface area contributed by atoms with Crippen molar-refractivity contribution >= 4 is 8.32 Å². The molecule has 0 spiro atoms. The highest BCUT2D eigenvalue weighted by molar-refractivity contribution is 6.74. The maximum absolute atomic E-state index is 6.65. The highest BCUT2D eigenvalue weighted by Gasteiger charge is 2.63. The van der Waals surface area contributed by atoms with Crippen molar-refractivity contribution in [2.75, 3.05) is 0 Å². The Bertz CT molecular complexity index is 383. The molecular weight excluding hydrogens is 252 g/mol. The lowest BCUT2D eigenvalue weighted by molar-refractivity contribution is 0.0732. The lowest BCUT2D eigenvalue weighted by Gasteiger charge is -2.42. The van der Waals surface area contributed by atoms with Crippen LogP contribution >= 0.6 is 0 Å². The molecule has 0 radical (unpaired) electrons. The molecule has 0 aromatic carbocycles. The zero-order valence-electron chi connectivity index (χ0n) is 13.7. The molecule has 19 heavy (non-hydrogen) atoms. The van der Waals surface area contributed by atoms with Crippen LogP contribution in [-0.2, 0) is 9.16 Å². The number of allylic oxidation sites excluding steroid dienone is 1. The Morgan fingerprint density at radius 3 is 2.37 bits per heavy atom. The van der Waals surface area contributed by atoms with Gasteiger partial charge in [-0.3, -0.25) is 0 Å². The number of rotatable bonds is 3. The Balaban J connectivity index is 2.12. The first-order valence-electron chi connectivity index (χ1n) is 7.48. The van der Waals surface area contributed by atoms with Crippen LogP contribution < -0.4 is 0 Å². The highest BCUT2D eigenvalue weighted by Crippen LogP contribution is 2.53. The summed E-state index contributed by atoms with van der Waals surface area (Å²) in [5.74, 6) is 0.565. The Kier molecular flexibility index (Phi) is 3.57. The van der Waals surface area contributed by atoms with E-state index in [9.17, 15) is 0 Å². The third kappa shape index (κ3) is 2.70. The molecule has 1 aliphatic heterocycles. The van der Waals surface area contributed by atoms with Crippen molar-refractivity contribution in [1.29, 1.82) is 0 Å². The summed E-state index contributed by atoms with van der Waals surface area (Å²) in [6, 6.07) is 0. The fourth-order valence-electron chi connectivity index (χ4n) is 2.78. The summed E-state index contributed by atoms with van der Waals surface area (Å²) < 4.78 is 12.6. The van der Waals surface area contributed by atoms with Gasteiger partial charge in [-0.15, -0.1) is 0 Å². The maximum atomic E-state index is 6.65. The van der Waals surface area contributed by atoms with Crippen LogP contribution in [0, 0.1) is 5.92 Å². The zero-order valence-corrected chi connectivity index (χ0v) is 14.7. The molecule has 1 heterocycles. The Morgan fingerprint density at radius 1 is 1.32 bits per heavy atom. The van der Waals surface area contributed by atoms with Crippen LogP contribution in [0.3, 0.4) is 0 Å². The van der Waals surface area contributed by atoms with Crippen LogP contribution in [-0.4, -0.2) is 26.1 Å². The van der Waals surface area contributed by atoms with Crippen molar-refractivity contribution in [2.24, 2.45) is 5.92 Å². The summed E-state index contributed by atoms with van der Waals surface area (Å²) in [5, 5.41) is 0.254. The van der Waals surface area contributed by atoms with E-state index in [4.69, 9.17) is 9.16 Å². The fraction of sp³-hybridized carbons (Fsp3) is 0.875.